The fraction of sp³-hybridized carbons (Fsp3) is 0.143. The molecule has 4 aromatic carbocycles. The predicted molar refractivity (Wildman–Crippen MR) is 150 cm³/mol. The minimum absolute atomic E-state index is 0.0308. The highest BCUT2D eigenvalue weighted by molar-refractivity contribution is 5.83. The van der Waals surface area contributed by atoms with Gasteiger partial charge in [-0.05, 0) is 63.4 Å². The second kappa shape index (κ2) is 8.84. The first-order valence-corrected chi connectivity index (χ1v) is 12.7. The molecule has 0 atom stereocenters. The predicted octanol–water partition coefficient (Wildman–Crippen LogP) is 8.81. The number of hydrogen-bond donors (Lipinski definition) is 0. The normalized spacial score (nSPS) is 17.0. The van der Waals surface area contributed by atoms with Gasteiger partial charge in [0.05, 0.1) is 0 Å². The Hall–Kier alpha value is -4.10. The number of para-hydroxylation sites is 1. The molecule has 0 bridgehead atoms. The van der Waals surface area contributed by atoms with Crippen LogP contribution in [0.2, 0.25) is 0 Å². The van der Waals surface area contributed by atoms with E-state index in [2.05, 4.69) is 111 Å². The second-order valence-corrected chi connectivity index (χ2v) is 10.2. The van der Waals surface area contributed by atoms with Gasteiger partial charge in [-0.1, -0.05) is 124 Å². The van der Waals surface area contributed by atoms with Gasteiger partial charge in [0.15, 0.2) is 0 Å². The van der Waals surface area contributed by atoms with Gasteiger partial charge in [0.25, 0.3) is 0 Å². The van der Waals surface area contributed by atoms with Gasteiger partial charge in [-0.15, -0.1) is 0 Å². The van der Waals surface area contributed by atoms with Gasteiger partial charge in [-0.2, -0.15) is 0 Å². The minimum Gasteiger partial charge on any atom is -0.457 e. The number of rotatable bonds is 3. The summed E-state index contributed by atoms with van der Waals surface area (Å²) in [5.74, 6) is 1.54. The van der Waals surface area contributed by atoms with Crippen LogP contribution in [0.1, 0.15) is 41.7 Å². The molecule has 0 unspecified atom stereocenters. The maximum atomic E-state index is 6.21. The maximum Gasteiger partial charge on any atom is 0.138 e. The highest BCUT2D eigenvalue weighted by Crippen LogP contribution is 2.50. The highest BCUT2D eigenvalue weighted by atomic mass is 16.5. The Kier molecular flexibility index (Phi) is 5.49. The van der Waals surface area contributed by atoms with E-state index in [1.807, 2.05) is 18.2 Å². The van der Waals surface area contributed by atoms with Crippen molar-refractivity contribution in [3.05, 3.63) is 149 Å². The lowest BCUT2D eigenvalue weighted by atomic mass is 9.82. The molecule has 0 saturated carbocycles. The molecule has 4 aromatic rings. The molecular formula is C35H30O. The van der Waals surface area contributed by atoms with E-state index in [1.165, 1.54) is 38.9 Å². The Morgan fingerprint density at radius 3 is 2.39 bits per heavy atom. The van der Waals surface area contributed by atoms with Gasteiger partial charge in [-0.3, -0.25) is 0 Å². The zero-order valence-corrected chi connectivity index (χ0v) is 20.9. The summed E-state index contributed by atoms with van der Waals surface area (Å²) in [7, 11) is 0. The molecule has 0 radical (unpaired) electrons. The maximum absolute atomic E-state index is 6.21. The summed E-state index contributed by atoms with van der Waals surface area (Å²) in [5.41, 5.74) is 11.8. The van der Waals surface area contributed by atoms with Crippen molar-refractivity contribution in [1.82, 2.24) is 0 Å². The van der Waals surface area contributed by atoms with Crippen LogP contribution in [0.15, 0.2) is 122 Å². The van der Waals surface area contributed by atoms with Crippen molar-refractivity contribution in [3.8, 4) is 28.0 Å². The fourth-order valence-electron chi connectivity index (χ4n) is 5.69. The first-order chi connectivity index (χ1) is 17.5. The molecule has 176 valence electrons. The molecule has 1 heteroatoms. The van der Waals surface area contributed by atoms with Crippen LogP contribution in [0.5, 0.6) is 5.75 Å². The average Bonchev–Trinajstić information content (AvgIpc) is 3.17. The van der Waals surface area contributed by atoms with Crippen molar-refractivity contribution >= 4 is 0 Å². The summed E-state index contributed by atoms with van der Waals surface area (Å²) in [6.45, 7) is 8.74. The summed E-state index contributed by atoms with van der Waals surface area (Å²) < 4.78 is 6.21. The van der Waals surface area contributed by atoms with E-state index >= 15 is 0 Å². The lowest BCUT2D eigenvalue weighted by Crippen LogP contribution is -2.14. The van der Waals surface area contributed by atoms with E-state index in [0.29, 0.717) is 5.76 Å². The van der Waals surface area contributed by atoms with Crippen LogP contribution in [0, 0.1) is 0 Å². The van der Waals surface area contributed by atoms with Gasteiger partial charge >= 0.3 is 0 Å². The van der Waals surface area contributed by atoms with Crippen molar-refractivity contribution in [1.29, 1.82) is 0 Å². The lowest BCUT2D eigenvalue weighted by molar-refractivity contribution is 0.444. The van der Waals surface area contributed by atoms with Crippen molar-refractivity contribution < 1.29 is 4.74 Å². The fourth-order valence-corrected chi connectivity index (χ4v) is 5.69. The Labute approximate surface area is 214 Å². The number of ether oxygens (including phenoxy) is 1. The van der Waals surface area contributed by atoms with E-state index in [0.717, 1.165) is 29.7 Å². The Morgan fingerprint density at radius 1 is 0.778 bits per heavy atom. The molecule has 0 N–H and O–H groups in total. The summed E-state index contributed by atoms with van der Waals surface area (Å²) in [4.78, 5) is 0. The molecule has 2 aliphatic rings. The van der Waals surface area contributed by atoms with Crippen LogP contribution < -0.4 is 4.74 Å². The second-order valence-electron chi connectivity index (χ2n) is 10.2. The zero-order chi connectivity index (χ0) is 24.7. The van der Waals surface area contributed by atoms with E-state index < -0.39 is 0 Å². The first-order valence-electron chi connectivity index (χ1n) is 12.7. The number of fused-ring (bicyclic) bond motifs is 4. The molecule has 0 amide bonds. The standard InChI is InChI=1S/C35H30O/c1-24-11-5-4-6-12-27-13-9-16-29(34(27)36-24)26-21-19-25(20-22-26)23-28-14-10-18-32-33(28)30-15-7-8-17-31(30)35(32,2)3/h4-11,13-22H,1,12,23H2,2-3H3/b6-4-,11-5-. The van der Waals surface area contributed by atoms with E-state index in [4.69, 9.17) is 4.74 Å². The summed E-state index contributed by atoms with van der Waals surface area (Å²) in [6, 6.07) is 31.0. The smallest absolute Gasteiger partial charge is 0.138 e. The van der Waals surface area contributed by atoms with Crippen molar-refractivity contribution in [2.45, 2.75) is 32.1 Å². The van der Waals surface area contributed by atoms with Crippen LogP contribution in [0.25, 0.3) is 22.3 Å². The molecular weight excluding hydrogens is 436 g/mol. The van der Waals surface area contributed by atoms with Crippen molar-refractivity contribution in [3.63, 3.8) is 0 Å². The Bertz CT molecular complexity index is 1530. The van der Waals surface area contributed by atoms with Gasteiger partial charge in [0, 0.05) is 11.0 Å². The molecule has 6 rings (SSSR count). The first kappa shape index (κ1) is 22.4. The van der Waals surface area contributed by atoms with Gasteiger partial charge in [-0.25, -0.2) is 0 Å². The highest BCUT2D eigenvalue weighted by Gasteiger charge is 2.36. The Balaban J connectivity index is 1.34. The van der Waals surface area contributed by atoms with Crippen molar-refractivity contribution in [2.24, 2.45) is 0 Å². The molecule has 36 heavy (non-hydrogen) atoms. The third-order valence-electron chi connectivity index (χ3n) is 7.55. The third kappa shape index (κ3) is 3.82. The molecule has 0 spiro atoms. The number of hydrogen-bond acceptors (Lipinski definition) is 1. The van der Waals surface area contributed by atoms with Crippen LogP contribution in [-0.2, 0) is 18.3 Å². The molecule has 1 nitrogen and oxygen atoms in total. The summed E-state index contributed by atoms with van der Waals surface area (Å²) in [6.07, 6.45) is 9.82. The number of allylic oxidation sites excluding steroid dienone is 4. The van der Waals surface area contributed by atoms with Gasteiger partial charge in [0.2, 0.25) is 0 Å². The summed E-state index contributed by atoms with van der Waals surface area (Å²) in [5, 5.41) is 0. The van der Waals surface area contributed by atoms with Gasteiger partial charge < -0.3 is 4.74 Å². The topological polar surface area (TPSA) is 9.23 Å². The van der Waals surface area contributed by atoms with Crippen LogP contribution in [-0.4, -0.2) is 0 Å². The average molecular weight is 467 g/mol. The quantitative estimate of drug-likeness (QED) is 0.293. The van der Waals surface area contributed by atoms with Crippen LogP contribution >= 0.6 is 0 Å². The van der Waals surface area contributed by atoms with Crippen LogP contribution in [0.3, 0.4) is 0 Å². The Morgan fingerprint density at radius 2 is 1.53 bits per heavy atom. The molecule has 0 saturated heterocycles. The molecule has 0 aromatic heterocycles. The molecule has 1 heterocycles. The van der Waals surface area contributed by atoms with Crippen molar-refractivity contribution in [2.75, 3.05) is 0 Å². The third-order valence-corrected chi connectivity index (χ3v) is 7.55. The van der Waals surface area contributed by atoms with Crippen LogP contribution in [0.4, 0.5) is 0 Å². The molecule has 1 aliphatic carbocycles. The molecule has 1 aliphatic heterocycles. The zero-order valence-electron chi connectivity index (χ0n) is 20.9. The van der Waals surface area contributed by atoms with E-state index in [-0.39, 0.29) is 5.41 Å². The summed E-state index contributed by atoms with van der Waals surface area (Å²) >= 11 is 0. The van der Waals surface area contributed by atoms with E-state index in [1.54, 1.807) is 0 Å². The van der Waals surface area contributed by atoms with E-state index in [9.17, 15) is 0 Å². The minimum atomic E-state index is 0.0308. The SMILES string of the molecule is C=C1/C=C\C=C/Cc2cccc(-c3ccc(Cc4cccc5c4-c4ccccc4C5(C)C)cc3)c2O1. The van der Waals surface area contributed by atoms with Gasteiger partial charge in [0.1, 0.15) is 11.5 Å². The monoisotopic (exact) mass is 466 g/mol. The lowest BCUT2D eigenvalue weighted by Gasteiger charge is -2.21. The number of benzene rings is 4. The molecule has 0 fully saturated rings. The largest absolute Gasteiger partial charge is 0.457 e.